The fraction of sp³-hybridized carbons (Fsp3) is 0.500. The van der Waals surface area contributed by atoms with Gasteiger partial charge in [0.15, 0.2) is 0 Å². The van der Waals surface area contributed by atoms with E-state index in [9.17, 15) is 14.9 Å². The molecule has 1 aromatic carbocycles. The Morgan fingerprint density at radius 3 is 2.71 bits per heavy atom. The third-order valence-corrected chi connectivity index (χ3v) is 4.24. The Balaban J connectivity index is 1.88. The fourth-order valence-electron chi connectivity index (χ4n) is 2.41. The molecular formula is C14H18BrN3O3. The number of nitrogens with zero attached hydrogens (tertiary/aromatic N) is 2. The van der Waals surface area contributed by atoms with Gasteiger partial charge in [-0.05, 0) is 54.0 Å². The van der Waals surface area contributed by atoms with Gasteiger partial charge in [-0.15, -0.1) is 0 Å². The highest BCUT2D eigenvalue weighted by Gasteiger charge is 2.16. The number of likely N-dealkylation sites (tertiary alicyclic amines) is 1. The van der Waals surface area contributed by atoms with E-state index in [1.54, 1.807) is 6.07 Å². The number of hydrogen-bond donors (Lipinski definition) is 1. The lowest BCUT2D eigenvalue weighted by atomic mass is 10.1. The molecule has 7 heteroatoms. The summed E-state index contributed by atoms with van der Waals surface area (Å²) in [7, 11) is 0. The van der Waals surface area contributed by atoms with Gasteiger partial charge < -0.3 is 10.2 Å². The summed E-state index contributed by atoms with van der Waals surface area (Å²) in [5.74, 6) is -0.275. The Bertz CT molecular complexity index is 530. The summed E-state index contributed by atoms with van der Waals surface area (Å²) in [6.07, 6.45) is 3.71. The average molecular weight is 356 g/mol. The predicted octanol–water partition coefficient (Wildman–Crippen LogP) is 2.57. The van der Waals surface area contributed by atoms with Gasteiger partial charge >= 0.3 is 0 Å². The molecule has 0 atom stereocenters. The van der Waals surface area contributed by atoms with Crippen LogP contribution in [0.2, 0.25) is 0 Å². The standard InChI is InChI=1S/C14H18BrN3O3/c15-12-5-4-11(10-13(12)18(20)21)14(19)16-6-9-17-7-2-1-3-8-17/h4-5,10H,1-3,6-9H2,(H,16,19). The Hall–Kier alpha value is -1.47. The number of halogens is 1. The highest BCUT2D eigenvalue weighted by atomic mass is 79.9. The maximum atomic E-state index is 12.0. The van der Waals surface area contributed by atoms with E-state index in [1.807, 2.05) is 0 Å². The molecule has 21 heavy (non-hydrogen) atoms. The predicted molar refractivity (Wildman–Crippen MR) is 83.4 cm³/mol. The quantitative estimate of drug-likeness (QED) is 0.650. The SMILES string of the molecule is O=C(NCCN1CCCCC1)c1ccc(Br)c([N+](=O)[O-])c1. The Morgan fingerprint density at radius 1 is 1.33 bits per heavy atom. The second kappa shape index (κ2) is 7.51. The van der Waals surface area contributed by atoms with Crippen LogP contribution in [0.5, 0.6) is 0 Å². The Kier molecular flexibility index (Phi) is 5.69. The Morgan fingerprint density at radius 2 is 2.05 bits per heavy atom. The average Bonchev–Trinajstić information content (AvgIpc) is 2.48. The summed E-state index contributed by atoms with van der Waals surface area (Å²) in [6, 6.07) is 4.39. The number of benzene rings is 1. The van der Waals surface area contributed by atoms with Crippen LogP contribution >= 0.6 is 15.9 Å². The minimum Gasteiger partial charge on any atom is -0.351 e. The number of carbonyl (C=O) groups excluding carboxylic acids is 1. The molecule has 1 aliphatic heterocycles. The van der Waals surface area contributed by atoms with Crippen LogP contribution in [0.25, 0.3) is 0 Å². The smallest absolute Gasteiger partial charge is 0.284 e. The number of nitro groups is 1. The number of carbonyl (C=O) groups is 1. The minimum atomic E-state index is -0.505. The van der Waals surface area contributed by atoms with Crippen LogP contribution in [-0.4, -0.2) is 41.9 Å². The molecule has 6 nitrogen and oxygen atoms in total. The summed E-state index contributed by atoms with van der Waals surface area (Å²) < 4.78 is 0.373. The number of hydrogen-bond acceptors (Lipinski definition) is 4. The van der Waals surface area contributed by atoms with Gasteiger partial charge in [0.05, 0.1) is 9.40 Å². The maximum absolute atomic E-state index is 12.0. The first-order chi connectivity index (χ1) is 10.1. The second-order valence-corrected chi connectivity index (χ2v) is 5.94. The van der Waals surface area contributed by atoms with E-state index in [1.165, 1.54) is 31.4 Å². The van der Waals surface area contributed by atoms with Crippen LogP contribution in [0.15, 0.2) is 22.7 Å². The maximum Gasteiger partial charge on any atom is 0.284 e. The molecule has 1 heterocycles. The molecule has 0 radical (unpaired) electrons. The van der Waals surface area contributed by atoms with E-state index < -0.39 is 4.92 Å². The van der Waals surface area contributed by atoms with Crippen molar-refractivity contribution in [1.29, 1.82) is 0 Å². The molecule has 0 saturated carbocycles. The summed E-state index contributed by atoms with van der Waals surface area (Å²) in [6.45, 7) is 3.55. The van der Waals surface area contributed by atoms with Crippen molar-refractivity contribution in [3.63, 3.8) is 0 Å². The lowest BCUT2D eigenvalue weighted by molar-refractivity contribution is -0.385. The molecule has 1 amide bonds. The zero-order valence-corrected chi connectivity index (χ0v) is 13.3. The van der Waals surface area contributed by atoms with Crippen LogP contribution in [0.1, 0.15) is 29.6 Å². The molecule has 1 aromatic rings. The van der Waals surface area contributed by atoms with E-state index in [0.29, 0.717) is 16.6 Å². The molecule has 1 aliphatic rings. The van der Waals surface area contributed by atoms with Gasteiger partial charge in [0.2, 0.25) is 0 Å². The normalized spacial score (nSPS) is 15.7. The van der Waals surface area contributed by atoms with Crippen LogP contribution in [0.3, 0.4) is 0 Å². The van der Waals surface area contributed by atoms with Gasteiger partial charge in [-0.2, -0.15) is 0 Å². The summed E-state index contributed by atoms with van der Waals surface area (Å²) >= 11 is 3.10. The van der Waals surface area contributed by atoms with Crippen LogP contribution < -0.4 is 5.32 Å². The second-order valence-electron chi connectivity index (χ2n) is 5.08. The van der Waals surface area contributed by atoms with Gasteiger partial charge in [-0.25, -0.2) is 0 Å². The largest absolute Gasteiger partial charge is 0.351 e. The van der Waals surface area contributed by atoms with Crippen molar-refractivity contribution in [2.75, 3.05) is 26.2 Å². The molecule has 0 aliphatic carbocycles. The fourth-order valence-corrected chi connectivity index (χ4v) is 2.80. The first kappa shape index (κ1) is 15.9. The molecule has 1 fully saturated rings. The lowest BCUT2D eigenvalue weighted by Crippen LogP contribution is -2.37. The molecule has 0 bridgehead atoms. The van der Waals surface area contributed by atoms with Crippen molar-refractivity contribution in [3.05, 3.63) is 38.3 Å². The minimum absolute atomic E-state index is 0.0984. The van der Waals surface area contributed by atoms with Crippen LogP contribution in [0, 0.1) is 10.1 Å². The third-order valence-electron chi connectivity index (χ3n) is 3.57. The molecule has 0 spiro atoms. The third kappa shape index (κ3) is 4.50. The van der Waals surface area contributed by atoms with E-state index >= 15 is 0 Å². The van der Waals surface area contributed by atoms with Gasteiger partial charge in [0.1, 0.15) is 0 Å². The van der Waals surface area contributed by atoms with Crippen molar-refractivity contribution in [2.45, 2.75) is 19.3 Å². The molecule has 114 valence electrons. The summed E-state index contributed by atoms with van der Waals surface area (Å²) in [4.78, 5) is 24.7. The van der Waals surface area contributed by atoms with Crippen LogP contribution in [-0.2, 0) is 0 Å². The highest BCUT2D eigenvalue weighted by molar-refractivity contribution is 9.10. The number of amides is 1. The topological polar surface area (TPSA) is 75.5 Å². The highest BCUT2D eigenvalue weighted by Crippen LogP contribution is 2.25. The molecule has 2 rings (SSSR count). The van der Waals surface area contributed by atoms with Crippen molar-refractivity contribution in [3.8, 4) is 0 Å². The van der Waals surface area contributed by atoms with E-state index in [2.05, 4.69) is 26.1 Å². The molecule has 0 unspecified atom stereocenters. The first-order valence-electron chi connectivity index (χ1n) is 7.02. The zero-order chi connectivity index (χ0) is 15.2. The number of rotatable bonds is 5. The van der Waals surface area contributed by atoms with Gasteiger partial charge in [-0.3, -0.25) is 14.9 Å². The Labute approximate surface area is 131 Å². The first-order valence-corrected chi connectivity index (χ1v) is 7.82. The van der Waals surface area contributed by atoms with Gasteiger partial charge in [-0.1, -0.05) is 6.42 Å². The molecule has 0 aromatic heterocycles. The number of piperidine rings is 1. The van der Waals surface area contributed by atoms with Crippen LogP contribution in [0.4, 0.5) is 5.69 Å². The van der Waals surface area contributed by atoms with E-state index in [0.717, 1.165) is 19.6 Å². The number of nitrogens with one attached hydrogen (secondary N) is 1. The van der Waals surface area contributed by atoms with Gasteiger partial charge in [0, 0.05) is 24.7 Å². The monoisotopic (exact) mass is 355 g/mol. The van der Waals surface area contributed by atoms with Crippen molar-refractivity contribution in [2.24, 2.45) is 0 Å². The molecule has 1 saturated heterocycles. The molecular weight excluding hydrogens is 338 g/mol. The summed E-state index contributed by atoms with van der Waals surface area (Å²) in [5, 5.41) is 13.7. The van der Waals surface area contributed by atoms with E-state index in [-0.39, 0.29) is 11.6 Å². The molecule has 1 N–H and O–H groups in total. The van der Waals surface area contributed by atoms with E-state index in [4.69, 9.17) is 0 Å². The number of nitro benzene ring substituents is 1. The van der Waals surface area contributed by atoms with Crippen molar-refractivity contribution < 1.29 is 9.72 Å². The van der Waals surface area contributed by atoms with Crippen molar-refractivity contribution in [1.82, 2.24) is 10.2 Å². The van der Waals surface area contributed by atoms with Crippen molar-refractivity contribution >= 4 is 27.5 Å². The van der Waals surface area contributed by atoms with Gasteiger partial charge in [0.25, 0.3) is 11.6 Å². The lowest BCUT2D eigenvalue weighted by Gasteiger charge is -2.26. The summed E-state index contributed by atoms with van der Waals surface area (Å²) in [5.41, 5.74) is 0.210. The zero-order valence-electron chi connectivity index (χ0n) is 11.7.